The first-order valence-electron chi connectivity index (χ1n) is 11.2. The molecule has 0 aliphatic heterocycles. The van der Waals surface area contributed by atoms with Crippen LogP contribution in [0.25, 0.3) is 0 Å². The van der Waals surface area contributed by atoms with Gasteiger partial charge < -0.3 is 20.5 Å². The summed E-state index contributed by atoms with van der Waals surface area (Å²) in [4.78, 5) is 24.1. The van der Waals surface area contributed by atoms with Gasteiger partial charge in [0.2, 0.25) is 0 Å². The van der Waals surface area contributed by atoms with E-state index >= 15 is 0 Å². The van der Waals surface area contributed by atoms with Crippen molar-refractivity contribution >= 4 is 23.4 Å². The van der Waals surface area contributed by atoms with Crippen LogP contribution in [0.2, 0.25) is 0 Å². The van der Waals surface area contributed by atoms with E-state index in [4.69, 9.17) is 4.74 Å². The molecule has 1 unspecified atom stereocenters. The Kier molecular flexibility index (Phi) is 6.63. The fourth-order valence-corrected chi connectivity index (χ4v) is 3.94. The second-order valence-corrected chi connectivity index (χ2v) is 8.41. The minimum absolute atomic E-state index is 0.0478. The van der Waals surface area contributed by atoms with Gasteiger partial charge in [0.1, 0.15) is 11.9 Å². The van der Waals surface area contributed by atoms with Crippen LogP contribution >= 0.6 is 0 Å². The lowest BCUT2D eigenvalue weighted by Gasteiger charge is -2.21. The Morgan fingerprint density at radius 2 is 1.76 bits per heavy atom. The molecule has 1 saturated carbocycles. The number of nitrogens with one attached hydrogen (secondary N) is 2. The Morgan fingerprint density at radius 1 is 1.03 bits per heavy atom. The van der Waals surface area contributed by atoms with E-state index < -0.39 is 5.97 Å². The monoisotopic (exact) mass is 444 g/mol. The van der Waals surface area contributed by atoms with Crippen molar-refractivity contribution in [3.8, 4) is 5.75 Å². The van der Waals surface area contributed by atoms with Crippen molar-refractivity contribution in [1.29, 1.82) is 0 Å². The molecule has 6 heteroatoms. The number of hydrogen-bond acceptors (Lipinski definition) is 3. The van der Waals surface area contributed by atoms with Gasteiger partial charge in [-0.15, -0.1) is 0 Å². The Hall–Kier alpha value is -3.80. The van der Waals surface area contributed by atoms with Crippen LogP contribution in [-0.2, 0) is 4.79 Å². The number of hydrogen-bond donors (Lipinski definition) is 3. The van der Waals surface area contributed by atoms with Crippen molar-refractivity contribution in [2.24, 2.45) is 5.92 Å². The van der Waals surface area contributed by atoms with Gasteiger partial charge in [-0.3, -0.25) is 4.79 Å². The largest absolute Gasteiger partial charge is 0.484 e. The highest BCUT2D eigenvalue weighted by Crippen LogP contribution is 2.49. The number of carbonyl (C=O) groups excluding carboxylic acids is 1. The van der Waals surface area contributed by atoms with Gasteiger partial charge >= 0.3 is 12.0 Å². The van der Waals surface area contributed by atoms with Crippen LogP contribution in [0, 0.1) is 12.8 Å². The summed E-state index contributed by atoms with van der Waals surface area (Å²) in [5, 5.41) is 15.0. The number of ether oxygens (including phenoxy) is 1. The minimum Gasteiger partial charge on any atom is -0.484 e. The summed E-state index contributed by atoms with van der Waals surface area (Å²) in [7, 11) is 0. The molecule has 1 aliphatic rings. The topological polar surface area (TPSA) is 87.7 Å². The standard InChI is InChI=1S/C27H28N2O4/c1-3-24(18-7-5-4-6-8-18)33-25-14-11-19(21-16-22(21)26(30)31)15-23(25)29-27(32)28-20-12-9-17(2)10-13-20/h4-15,21-22,24H,3,16H2,1-2H3,(H,30,31)(H2,28,29,32)/t21-,22-,24?/m0/s1. The lowest BCUT2D eigenvalue weighted by Crippen LogP contribution is -2.20. The number of carbonyl (C=O) groups is 2. The van der Waals surface area contributed by atoms with Crippen LogP contribution in [-0.4, -0.2) is 17.1 Å². The number of carboxylic acids is 1. The van der Waals surface area contributed by atoms with E-state index in [1.165, 1.54) is 0 Å². The van der Waals surface area contributed by atoms with Crippen molar-refractivity contribution in [2.45, 2.75) is 38.7 Å². The molecule has 3 aromatic carbocycles. The van der Waals surface area contributed by atoms with Crippen LogP contribution in [0.5, 0.6) is 5.75 Å². The van der Waals surface area contributed by atoms with Crippen LogP contribution in [0.3, 0.4) is 0 Å². The summed E-state index contributed by atoms with van der Waals surface area (Å²) in [6.45, 7) is 4.03. The SMILES string of the molecule is CCC(Oc1ccc([C@@H]2C[C@@H]2C(=O)O)cc1NC(=O)Nc1ccc(C)cc1)c1ccccc1. The molecule has 0 bridgehead atoms. The maximum atomic E-state index is 12.7. The fraction of sp³-hybridized carbons (Fsp3) is 0.259. The second kappa shape index (κ2) is 9.77. The Balaban J connectivity index is 1.57. The first-order valence-corrected chi connectivity index (χ1v) is 11.2. The van der Waals surface area contributed by atoms with E-state index in [1.54, 1.807) is 0 Å². The summed E-state index contributed by atoms with van der Waals surface area (Å²) in [6, 6.07) is 22.6. The maximum Gasteiger partial charge on any atom is 0.323 e. The van der Waals surface area contributed by atoms with Crippen LogP contribution in [0.4, 0.5) is 16.2 Å². The van der Waals surface area contributed by atoms with Crippen molar-refractivity contribution < 1.29 is 19.4 Å². The van der Waals surface area contributed by atoms with Gasteiger partial charge in [-0.2, -0.15) is 0 Å². The third-order valence-electron chi connectivity index (χ3n) is 5.91. The first-order chi connectivity index (χ1) is 15.9. The van der Waals surface area contributed by atoms with Crippen molar-refractivity contribution in [3.63, 3.8) is 0 Å². The number of carboxylic acid groups (broad SMARTS) is 1. The summed E-state index contributed by atoms with van der Waals surface area (Å²) in [5.41, 5.74) is 4.23. The number of rotatable bonds is 8. The third kappa shape index (κ3) is 5.52. The zero-order valence-electron chi connectivity index (χ0n) is 18.7. The van der Waals surface area contributed by atoms with Gasteiger partial charge in [0.05, 0.1) is 11.6 Å². The normalized spacial score (nSPS) is 17.6. The molecule has 3 N–H and O–H groups in total. The van der Waals surface area contributed by atoms with E-state index in [9.17, 15) is 14.7 Å². The molecule has 1 aliphatic carbocycles. The van der Waals surface area contributed by atoms with Gasteiger partial charge in [0, 0.05) is 5.69 Å². The average molecular weight is 445 g/mol. The third-order valence-corrected chi connectivity index (χ3v) is 5.91. The predicted molar refractivity (Wildman–Crippen MR) is 129 cm³/mol. The molecule has 1 fully saturated rings. The minimum atomic E-state index is -0.790. The maximum absolute atomic E-state index is 12.7. The van der Waals surface area contributed by atoms with Gasteiger partial charge in [-0.25, -0.2) is 4.79 Å². The molecule has 3 atom stereocenters. The summed E-state index contributed by atoms with van der Waals surface area (Å²) < 4.78 is 6.32. The number of aliphatic carboxylic acids is 1. The molecule has 0 aromatic heterocycles. The molecule has 170 valence electrons. The zero-order valence-corrected chi connectivity index (χ0v) is 18.7. The molecule has 0 radical (unpaired) electrons. The molecule has 0 saturated heterocycles. The molecule has 3 aromatic rings. The summed E-state index contributed by atoms with van der Waals surface area (Å²) >= 11 is 0. The number of amides is 2. The average Bonchev–Trinajstić information content (AvgIpc) is 3.62. The smallest absolute Gasteiger partial charge is 0.323 e. The van der Waals surface area contributed by atoms with Crippen LogP contribution in [0.1, 0.15) is 48.5 Å². The van der Waals surface area contributed by atoms with E-state index in [1.807, 2.05) is 86.6 Å². The quantitative estimate of drug-likeness (QED) is 0.377. The highest BCUT2D eigenvalue weighted by Gasteiger charge is 2.44. The van der Waals surface area contributed by atoms with Crippen molar-refractivity contribution in [2.75, 3.05) is 10.6 Å². The lowest BCUT2D eigenvalue weighted by molar-refractivity contribution is -0.138. The number of benzene rings is 3. The summed E-state index contributed by atoms with van der Waals surface area (Å²) in [6.07, 6.45) is 1.18. The highest BCUT2D eigenvalue weighted by molar-refractivity contribution is 6.00. The van der Waals surface area contributed by atoms with E-state index in [-0.39, 0.29) is 24.0 Å². The predicted octanol–water partition coefficient (Wildman–Crippen LogP) is 6.36. The van der Waals surface area contributed by atoms with Gasteiger partial charge in [-0.1, -0.05) is 61.0 Å². The molecule has 6 nitrogen and oxygen atoms in total. The zero-order chi connectivity index (χ0) is 23.4. The molecular weight excluding hydrogens is 416 g/mol. The second-order valence-electron chi connectivity index (χ2n) is 8.41. The number of urea groups is 1. The lowest BCUT2D eigenvalue weighted by atomic mass is 10.1. The first kappa shape index (κ1) is 22.4. The fourth-order valence-electron chi connectivity index (χ4n) is 3.94. The molecule has 4 rings (SSSR count). The van der Waals surface area contributed by atoms with Gasteiger partial charge in [0.15, 0.2) is 0 Å². The van der Waals surface area contributed by atoms with Crippen LogP contribution < -0.4 is 15.4 Å². The van der Waals surface area contributed by atoms with E-state index in [0.29, 0.717) is 23.5 Å². The Labute approximate surface area is 193 Å². The molecule has 33 heavy (non-hydrogen) atoms. The highest BCUT2D eigenvalue weighted by atomic mass is 16.5. The van der Waals surface area contributed by atoms with Crippen molar-refractivity contribution in [3.05, 3.63) is 89.5 Å². The van der Waals surface area contributed by atoms with Crippen molar-refractivity contribution in [1.82, 2.24) is 0 Å². The van der Waals surface area contributed by atoms with E-state index in [0.717, 1.165) is 23.1 Å². The number of anilines is 2. The summed E-state index contributed by atoms with van der Waals surface area (Å²) in [5.74, 6) is -0.671. The Morgan fingerprint density at radius 3 is 2.39 bits per heavy atom. The van der Waals surface area contributed by atoms with E-state index in [2.05, 4.69) is 10.6 Å². The number of aryl methyl sites for hydroxylation is 1. The molecule has 0 heterocycles. The Bertz CT molecular complexity index is 1130. The van der Waals surface area contributed by atoms with Gasteiger partial charge in [-0.05, 0) is 61.1 Å². The van der Waals surface area contributed by atoms with Gasteiger partial charge in [0.25, 0.3) is 0 Å². The molecule has 2 amide bonds. The molecule has 0 spiro atoms. The molecular formula is C27H28N2O4. The van der Waals surface area contributed by atoms with Crippen LogP contribution in [0.15, 0.2) is 72.8 Å².